The molecule has 4 heteroatoms. The molecule has 0 N–H and O–H groups in total. The molecule has 0 saturated carbocycles. The maximum atomic E-state index is 12.9. The number of halogens is 3. The minimum Gasteiger partial charge on any atom is -0.298 e. The van der Waals surface area contributed by atoms with Gasteiger partial charge in [0.25, 0.3) is 0 Å². The van der Waals surface area contributed by atoms with Gasteiger partial charge in [-0.05, 0) is 28.1 Å². The average molecular weight is 237 g/mol. The third kappa shape index (κ3) is 1.60. The highest BCUT2D eigenvalue weighted by Gasteiger charge is 2.08. The Morgan fingerprint density at radius 2 is 2.18 bits per heavy atom. The topological polar surface area (TPSA) is 17.1 Å². The van der Waals surface area contributed by atoms with Crippen molar-refractivity contribution in [3.05, 3.63) is 33.0 Å². The van der Waals surface area contributed by atoms with Crippen LogP contribution in [0.4, 0.5) is 4.39 Å². The largest absolute Gasteiger partial charge is 0.298 e. The monoisotopic (exact) mass is 236 g/mol. The van der Waals surface area contributed by atoms with Gasteiger partial charge in [0.1, 0.15) is 0 Å². The van der Waals surface area contributed by atoms with E-state index in [1.165, 1.54) is 12.1 Å². The third-order valence-electron chi connectivity index (χ3n) is 1.20. The average Bonchev–Trinajstić information content (AvgIpc) is 1.99. The molecule has 0 aliphatic carbocycles. The maximum Gasteiger partial charge on any atom is 0.154 e. The molecule has 0 atom stereocenters. The van der Waals surface area contributed by atoms with Gasteiger partial charge in [-0.3, -0.25) is 4.79 Å². The van der Waals surface area contributed by atoms with E-state index in [2.05, 4.69) is 15.9 Å². The van der Waals surface area contributed by atoms with Gasteiger partial charge >= 0.3 is 0 Å². The standard InChI is InChI=1S/C7H3BrClFO/c8-5-1-2-6(9)7(10)4(5)3-11/h1-3H. The number of hydrogen-bond acceptors (Lipinski definition) is 1. The number of benzene rings is 1. The summed E-state index contributed by atoms with van der Waals surface area (Å²) >= 11 is 8.42. The highest BCUT2D eigenvalue weighted by molar-refractivity contribution is 9.10. The number of carbonyl (C=O) groups is 1. The van der Waals surface area contributed by atoms with Crippen LogP contribution in [-0.4, -0.2) is 6.29 Å². The minimum atomic E-state index is -0.684. The quantitative estimate of drug-likeness (QED) is 0.542. The Bertz CT molecular complexity index is 301. The van der Waals surface area contributed by atoms with Gasteiger partial charge < -0.3 is 0 Å². The Morgan fingerprint density at radius 1 is 1.55 bits per heavy atom. The summed E-state index contributed by atoms with van der Waals surface area (Å²) in [4.78, 5) is 10.3. The summed E-state index contributed by atoms with van der Waals surface area (Å²) in [6.45, 7) is 0. The molecule has 0 amide bonds. The van der Waals surface area contributed by atoms with Crippen molar-refractivity contribution in [3.63, 3.8) is 0 Å². The molecule has 0 heterocycles. The SMILES string of the molecule is O=Cc1c(Br)ccc(Cl)c1F. The van der Waals surface area contributed by atoms with Crippen molar-refractivity contribution in [1.29, 1.82) is 0 Å². The Labute approximate surface area is 76.3 Å². The Kier molecular flexibility index (Phi) is 2.62. The van der Waals surface area contributed by atoms with Crippen LogP contribution in [0.3, 0.4) is 0 Å². The summed E-state index contributed by atoms with van der Waals surface area (Å²) < 4.78 is 13.3. The van der Waals surface area contributed by atoms with E-state index in [4.69, 9.17) is 11.6 Å². The van der Waals surface area contributed by atoms with Crippen LogP contribution in [0.25, 0.3) is 0 Å². The van der Waals surface area contributed by atoms with E-state index in [-0.39, 0.29) is 10.6 Å². The van der Waals surface area contributed by atoms with E-state index in [0.29, 0.717) is 10.8 Å². The molecule has 0 aliphatic rings. The zero-order valence-corrected chi connectivity index (χ0v) is 7.62. The van der Waals surface area contributed by atoms with Gasteiger partial charge in [-0.2, -0.15) is 0 Å². The molecule has 0 spiro atoms. The lowest BCUT2D eigenvalue weighted by molar-refractivity contribution is 0.111. The number of carbonyl (C=O) groups excluding carboxylic acids is 1. The van der Waals surface area contributed by atoms with Crippen LogP contribution in [0.2, 0.25) is 5.02 Å². The molecule has 1 nitrogen and oxygen atoms in total. The lowest BCUT2D eigenvalue weighted by atomic mass is 10.2. The van der Waals surface area contributed by atoms with Crippen molar-refractivity contribution in [1.82, 2.24) is 0 Å². The highest BCUT2D eigenvalue weighted by atomic mass is 79.9. The van der Waals surface area contributed by atoms with Crippen molar-refractivity contribution in [2.75, 3.05) is 0 Å². The molecule has 0 fully saturated rings. The van der Waals surface area contributed by atoms with E-state index in [0.717, 1.165) is 0 Å². The second-order valence-electron chi connectivity index (χ2n) is 1.87. The van der Waals surface area contributed by atoms with Crippen LogP contribution in [-0.2, 0) is 0 Å². The fourth-order valence-corrected chi connectivity index (χ4v) is 1.22. The van der Waals surface area contributed by atoms with Crippen molar-refractivity contribution >= 4 is 33.8 Å². The second-order valence-corrected chi connectivity index (χ2v) is 3.14. The van der Waals surface area contributed by atoms with E-state index in [1.54, 1.807) is 0 Å². The zero-order chi connectivity index (χ0) is 8.43. The van der Waals surface area contributed by atoms with Gasteiger partial charge in [-0.15, -0.1) is 0 Å². The predicted octanol–water partition coefficient (Wildman–Crippen LogP) is 3.05. The van der Waals surface area contributed by atoms with Gasteiger partial charge in [0.2, 0.25) is 0 Å². The van der Waals surface area contributed by atoms with Gasteiger partial charge in [0, 0.05) is 4.47 Å². The Hall–Kier alpha value is -0.410. The molecule has 1 rings (SSSR count). The van der Waals surface area contributed by atoms with E-state index >= 15 is 0 Å². The molecule has 11 heavy (non-hydrogen) atoms. The molecular formula is C7H3BrClFO. The van der Waals surface area contributed by atoms with Gasteiger partial charge in [0.15, 0.2) is 12.1 Å². The second kappa shape index (κ2) is 3.32. The molecule has 1 aromatic carbocycles. The maximum absolute atomic E-state index is 12.9. The Balaban J connectivity index is 3.40. The van der Waals surface area contributed by atoms with E-state index < -0.39 is 5.82 Å². The first-order chi connectivity index (χ1) is 5.16. The summed E-state index contributed by atoms with van der Waals surface area (Å²) in [6.07, 6.45) is 0.422. The van der Waals surface area contributed by atoms with Crippen LogP contribution in [0.15, 0.2) is 16.6 Å². The highest BCUT2D eigenvalue weighted by Crippen LogP contribution is 2.23. The Morgan fingerprint density at radius 3 is 2.64 bits per heavy atom. The van der Waals surface area contributed by atoms with Crippen LogP contribution in [0, 0.1) is 5.82 Å². The van der Waals surface area contributed by atoms with Gasteiger partial charge in [-0.1, -0.05) is 11.6 Å². The predicted molar refractivity (Wildman–Crippen MR) is 44.5 cm³/mol. The van der Waals surface area contributed by atoms with Gasteiger partial charge in [0.05, 0.1) is 10.6 Å². The summed E-state index contributed by atoms with van der Waals surface area (Å²) in [5.74, 6) is -0.684. The molecule has 1 aromatic rings. The molecule has 0 unspecified atom stereocenters. The number of hydrogen-bond donors (Lipinski definition) is 0. The van der Waals surface area contributed by atoms with E-state index in [9.17, 15) is 9.18 Å². The van der Waals surface area contributed by atoms with Crippen molar-refractivity contribution in [3.8, 4) is 0 Å². The molecule has 0 aliphatic heterocycles. The van der Waals surface area contributed by atoms with Crippen LogP contribution < -0.4 is 0 Å². The van der Waals surface area contributed by atoms with Crippen LogP contribution in [0.1, 0.15) is 10.4 Å². The molecule has 0 bridgehead atoms. The summed E-state index contributed by atoms with van der Waals surface area (Å²) in [5.41, 5.74) is -0.0440. The first-order valence-corrected chi connectivity index (χ1v) is 3.92. The summed E-state index contributed by atoms with van der Waals surface area (Å²) in [7, 11) is 0. The first-order valence-electron chi connectivity index (χ1n) is 2.75. The minimum absolute atomic E-state index is 0.0440. The lowest BCUT2D eigenvalue weighted by Crippen LogP contribution is -1.89. The number of aldehydes is 1. The molecule has 58 valence electrons. The molecule has 0 saturated heterocycles. The zero-order valence-electron chi connectivity index (χ0n) is 5.27. The first kappa shape index (κ1) is 8.68. The fourth-order valence-electron chi connectivity index (χ4n) is 0.651. The van der Waals surface area contributed by atoms with Crippen LogP contribution in [0.5, 0.6) is 0 Å². The van der Waals surface area contributed by atoms with Crippen molar-refractivity contribution < 1.29 is 9.18 Å². The molecular weight excluding hydrogens is 234 g/mol. The van der Waals surface area contributed by atoms with Crippen LogP contribution >= 0.6 is 27.5 Å². The third-order valence-corrected chi connectivity index (χ3v) is 2.18. The summed E-state index contributed by atoms with van der Waals surface area (Å²) in [5, 5.41) is -0.0460. The fraction of sp³-hybridized carbons (Fsp3) is 0. The van der Waals surface area contributed by atoms with Gasteiger partial charge in [-0.25, -0.2) is 4.39 Å². The normalized spacial score (nSPS) is 9.73. The number of rotatable bonds is 1. The van der Waals surface area contributed by atoms with Crippen molar-refractivity contribution in [2.24, 2.45) is 0 Å². The molecule has 0 aromatic heterocycles. The lowest BCUT2D eigenvalue weighted by Gasteiger charge is -1.98. The molecule has 0 radical (unpaired) electrons. The summed E-state index contributed by atoms with van der Waals surface area (Å²) in [6, 6.07) is 2.91. The van der Waals surface area contributed by atoms with E-state index in [1.807, 2.05) is 0 Å². The smallest absolute Gasteiger partial charge is 0.154 e. The van der Waals surface area contributed by atoms with Crippen molar-refractivity contribution in [2.45, 2.75) is 0 Å².